The normalized spacial score (nSPS) is 10.8. The Hall–Kier alpha value is -2.73. The number of carbonyl (C=O) groups is 1. The van der Waals surface area contributed by atoms with Crippen LogP contribution in [0.5, 0.6) is 5.75 Å². The molecule has 0 atom stereocenters. The van der Waals surface area contributed by atoms with E-state index < -0.39 is 0 Å². The lowest BCUT2D eigenvalue weighted by atomic mass is 10.1. The second-order valence-corrected chi connectivity index (χ2v) is 6.53. The first-order valence-electron chi connectivity index (χ1n) is 8.17. The zero-order valence-electron chi connectivity index (χ0n) is 14.9. The predicted molar refractivity (Wildman–Crippen MR) is 98.3 cm³/mol. The molecule has 2 heterocycles. The van der Waals surface area contributed by atoms with Crippen LogP contribution < -0.4 is 10.1 Å². The zero-order valence-corrected chi connectivity index (χ0v) is 15.6. The highest BCUT2D eigenvalue weighted by atomic mass is 35.5. The summed E-state index contributed by atoms with van der Waals surface area (Å²) in [5.74, 6) is 1.26. The van der Waals surface area contributed by atoms with E-state index in [1.807, 2.05) is 26.0 Å². The fourth-order valence-corrected chi connectivity index (χ4v) is 2.87. The summed E-state index contributed by atoms with van der Waals surface area (Å²) in [7, 11) is 1.77. The highest BCUT2D eigenvalue weighted by Gasteiger charge is 2.13. The molecular weight excluding hydrogens is 354 g/mol. The molecule has 0 aliphatic carbocycles. The quantitative estimate of drug-likeness (QED) is 0.713. The van der Waals surface area contributed by atoms with E-state index in [4.69, 9.17) is 20.8 Å². The molecule has 1 N–H and O–H groups in total. The minimum Gasteiger partial charge on any atom is -0.486 e. The fourth-order valence-electron chi connectivity index (χ4n) is 2.63. The lowest BCUT2D eigenvalue weighted by Gasteiger charge is -2.07. The van der Waals surface area contributed by atoms with Gasteiger partial charge in [0, 0.05) is 7.05 Å². The topological polar surface area (TPSA) is 69.3 Å². The van der Waals surface area contributed by atoms with Gasteiger partial charge in [0.2, 0.25) is 0 Å². The van der Waals surface area contributed by atoms with Gasteiger partial charge in [0.25, 0.3) is 5.91 Å². The number of ether oxygens (including phenoxy) is 1. The second kappa shape index (κ2) is 7.66. The summed E-state index contributed by atoms with van der Waals surface area (Å²) in [5, 5.41) is 7.31. The van der Waals surface area contributed by atoms with Crippen LogP contribution in [0.25, 0.3) is 0 Å². The molecule has 3 rings (SSSR count). The van der Waals surface area contributed by atoms with Crippen molar-refractivity contribution in [1.82, 2.24) is 15.1 Å². The van der Waals surface area contributed by atoms with Crippen molar-refractivity contribution in [3.63, 3.8) is 0 Å². The van der Waals surface area contributed by atoms with Crippen LogP contribution >= 0.6 is 11.6 Å². The van der Waals surface area contributed by atoms with Crippen LogP contribution in [-0.2, 0) is 20.2 Å². The van der Waals surface area contributed by atoms with Crippen molar-refractivity contribution in [2.75, 3.05) is 0 Å². The van der Waals surface area contributed by atoms with Gasteiger partial charge < -0.3 is 14.5 Å². The monoisotopic (exact) mass is 373 g/mol. The summed E-state index contributed by atoms with van der Waals surface area (Å²) in [6.07, 6.45) is 1.54. The Kier molecular flexibility index (Phi) is 5.32. The van der Waals surface area contributed by atoms with Gasteiger partial charge in [-0.2, -0.15) is 5.10 Å². The Labute approximate surface area is 156 Å². The molecule has 0 fully saturated rings. The molecule has 0 unspecified atom stereocenters. The number of halogens is 1. The van der Waals surface area contributed by atoms with E-state index in [2.05, 4.69) is 16.5 Å². The molecule has 0 bridgehead atoms. The average Bonchev–Trinajstić information content (AvgIpc) is 3.18. The smallest absolute Gasteiger partial charge is 0.287 e. The van der Waals surface area contributed by atoms with Crippen LogP contribution in [-0.4, -0.2) is 15.7 Å². The van der Waals surface area contributed by atoms with E-state index in [9.17, 15) is 4.79 Å². The number of nitrogens with zero attached hydrogens (tertiary/aromatic N) is 2. The molecule has 0 aliphatic rings. The average molecular weight is 374 g/mol. The second-order valence-electron chi connectivity index (χ2n) is 6.12. The van der Waals surface area contributed by atoms with Crippen molar-refractivity contribution in [3.05, 3.63) is 69.9 Å². The van der Waals surface area contributed by atoms with Crippen LogP contribution in [0, 0.1) is 13.8 Å². The number of carbonyl (C=O) groups excluding carboxylic acids is 1. The number of nitrogens with one attached hydrogen (secondary N) is 1. The number of hydrogen-bond acceptors (Lipinski definition) is 4. The molecule has 3 aromatic rings. The first-order chi connectivity index (χ1) is 12.4. The number of rotatable bonds is 6. The van der Waals surface area contributed by atoms with Gasteiger partial charge in [-0.25, -0.2) is 0 Å². The van der Waals surface area contributed by atoms with Crippen molar-refractivity contribution in [2.24, 2.45) is 7.05 Å². The molecule has 7 heteroatoms. The van der Waals surface area contributed by atoms with Gasteiger partial charge in [-0.15, -0.1) is 0 Å². The third-order valence-electron chi connectivity index (χ3n) is 3.89. The first kappa shape index (κ1) is 18.1. The number of amides is 1. The van der Waals surface area contributed by atoms with Crippen LogP contribution in [0.4, 0.5) is 0 Å². The molecule has 2 aromatic heterocycles. The van der Waals surface area contributed by atoms with E-state index in [0.29, 0.717) is 10.8 Å². The Morgan fingerprint density at radius 2 is 2.00 bits per heavy atom. The van der Waals surface area contributed by atoms with E-state index in [0.717, 1.165) is 22.6 Å². The van der Waals surface area contributed by atoms with E-state index in [-0.39, 0.29) is 24.8 Å². The number of aromatic nitrogens is 2. The Morgan fingerprint density at radius 3 is 2.65 bits per heavy atom. The maximum absolute atomic E-state index is 12.2. The molecule has 1 amide bonds. The molecule has 0 saturated heterocycles. The first-order valence-corrected chi connectivity index (χ1v) is 8.54. The summed E-state index contributed by atoms with van der Waals surface area (Å²) in [6.45, 7) is 4.56. The van der Waals surface area contributed by atoms with Crippen molar-refractivity contribution >= 4 is 17.5 Å². The maximum Gasteiger partial charge on any atom is 0.287 e. The standard InChI is InChI=1S/C19H20ClN3O3/c1-12-6-13(2)8-15(7-12)25-11-14-4-5-18(26-14)19(24)21-10-17-16(20)9-22-23(17)3/h4-9H,10-11H2,1-3H3,(H,21,24). The summed E-state index contributed by atoms with van der Waals surface area (Å²) < 4.78 is 12.9. The molecule has 0 radical (unpaired) electrons. The van der Waals surface area contributed by atoms with Crippen molar-refractivity contribution < 1.29 is 13.9 Å². The molecule has 26 heavy (non-hydrogen) atoms. The minimum absolute atomic E-state index is 0.224. The van der Waals surface area contributed by atoms with E-state index in [1.54, 1.807) is 30.1 Å². The zero-order chi connectivity index (χ0) is 18.7. The van der Waals surface area contributed by atoms with Gasteiger partial charge in [-0.1, -0.05) is 17.7 Å². The van der Waals surface area contributed by atoms with Crippen LogP contribution in [0.3, 0.4) is 0 Å². The third-order valence-corrected chi connectivity index (χ3v) is 4.20. The third kappa shape index (κ3) is 4.26. The molecule has 0 spiro atoms. The van der Waals surface area contributed by atoms with Crippen LogP contribution in [0.15, 0.2) is 40.9 Å². The summed E-state index contributed by atoms with van der Waals surface area (Å²) >= 11 is 6.03. The van der Waals surface area contributed by atoms with Crippen molar-refractivity contribution in [3.8, 4) is 5.75 Å². The van der Waals surface area contributed by atoms with E-state index in [1.165, 1.54) is 0 Å². The van der Waals surface area contributed by atoms with Crippen LogP contribution in [0.2, 0.25) is 5.02 Å². The fraction of sp³-hybridized carbons (Fsp3) is 0.263. The predicted octanol–water partition coefficient (Wildman–Crippen LogP) is 3.79. The Balaban J connectivity index is 1.57. The van der Waals surface area contributed by atoms with Gasteiger partial charge >= 0.3 is 0 Å². The highest BCUT2D eigenvalue weighted by molar-refractivity contribution is 6.31. The molecule has 0 saturated carbocycles. The Bertz CT molecular complexity index is 890. The maximum atomic E-state index is 12.2. The number of aryl methyl sites for hydroxylation is 3. The van der Waals surface area contributed by atoms with Crippen LogP contribution in [0.1, 0.15) is 33.1 Å². The molecular formula is C19H20ClN3O3. The molecule has 0 aliphatic heterocycles. The lowest BCUT2D eigenvalue weighted by Crippen LogP contribution is -2.23. The summed E-state index contributed by atoms with van der Waals surface area (Å²) in [4.78, 5) is 12.2. The van der Waals surface area contributed by atoms with Gasteiger partial charge in [0.05, 0.1) is 23.5 Å². The van der Waals surface area contributed by atoms with Gasteiger partial charge in [-0.05, 0) is 49.2 Å². The summed E-state index contributed by atoms with van der Waals surface area (Å²) in [6, 6.07) is 9.36. The number of furan rings is 1. The van der Waals surface area contributed by atoms with Crippen molar-refractivity contribution in [1.29, 1.82) is 0 Å². The Morgan fingerprint density at radius 1 is 1.27 bits per heavy atom. The molecule has 1 aromatic carbocycles. The van der Waals surface area contributed by atoms with E-state index >= 15 is 0 Å². The summed E-state index contributed by atoms with van der Waals surface area (Å²) in [5.41, 5.74) is 2.99. The lowest BCUT2D eigenvalue weighted by molar-refractivity contribution is 0.0918. The highest BCUT2D eigenvalue weighted by Crippen LogP contribution is 2.19. The van der Waals surface area contributed by atoms with Gasteiger partial charge in [0.15, 0.2) is 5.76 Å². The largest absolute Gasteiger partial charge is 0.486 e. The van der Waals surface area contributed by atoms with Gasteiger partial charge in [-0.3, -0.25) is 9.48 Å². The van der Waals surface area contributed by atoms with Crippen molar-refractivity contribution in [2.45, 2.75) is 27.0 Å². The molecule has 136 valence electrons. The van der Waals surface area contributed by atoms with Gasteiger partial charge in [0.1, 0.15) is 18.1 Å². The SMILES string of the molecule is Cc1cc(C)cc(OCc2ccc(C(=O)NCc3c(Cl)cnn3C)o2)c1. The minimum atomic E-state index is -0.320. The molecule has 6 nitrogen and oxygen atoms in total. The number of benzene rings is 1. The number of hydrogen-bond donors (Lipinski definition) is 1.